The van der Waals surface area contributed by atoms with Crippen LogP contribution in [0.5, 0.6) is 0 Å². The summed E-state index contributed by atoms with van der Waals surface area (Å²) in [5, 5.41) is 3.97. The van der Waals surface area contributed by atoms with E-state index in [0.29, 0.717) is 5.56 Å². The van der Waals surface area contributed by atoms with Crippen LogP contribution in [0, 0.1) is 13.8 Å². The molecule has 156 valence electrons. The van der Waals surface area contributed by atoms with Crippen molar-refractivity contribution in [2.75, 3.05) is 5.32 Å². The molecule has 0 unspecified atom stereocenters. The molecule has 0 saturated carbocycles. The predicted molar refractivity (Wildman–Crippen MR) is 129 cm³/mol. The molecule has 2 aromatic heterocycles. The van der Waals surface area contributed by atoms with Crippen LogP contribution in [0.3, 0.4) is 0 Å². The number of carbonyl (C=O) groups is 1. The molecular weight excluding hydrogens is 396 g/mol. The molecule has 0 aliphatic carbocycles. The highest BCUT2D eigenvalue weighted by Crippen LogP contribution is 2.34. The molecule has 0 fully saturated rings. The number of aromatic amines is 1. The maximum Gasteiger partial charge on any atom is 0.255 e. The van der Waals surface area contributed by atoms with Gasteiger partial charge < -0.3 is 10.3 Å². The summed E-state index contributed by atoms with van der Waals surface area (Å²) in [4.78, 5) is 25.1. The normalized spacial score (nSPS) is 10.9. The molecule has 0 saturated heterocycles. The number of aryl methyl sites for hydroxylation is 1. The Morgan fingerprint density at radius 2 is 1.66 bits per heavy atom. The fourth-order valence-corrected chi connectivity index (χ4v) is 3.85. The summed E-state index contributed by atoms with van der Waals surface area (Å²) in [6, 6.07) is 25.5. The molecule has 3 aromatic carbocycles. The molecule has 5 nitrogen and oxygen atoms in total. The minimum atomic E-state index is -0.137. The second-order valence-electron chi connectivity index (χ2n) is 7.83. The summed E-state index contributed by atoms with van der Waals surface area (Å²) in [5.41, 5.74) is 8.21. The lowest BCUT2D eigenvalue weighted by Crippen LogP contribution is -2.12. The number of fused-ring (bicyclic) bond motifs is 1. The lowest BCUT2D eigenvalue weighted by atomic mass is 10.0. The summed E-state index contributed by atoms with van der Waals surface area (Å²) >= 11 is 0. The number of anilines is 1. The van der Waals surface area contributed by atoms with Crippen molar-refractivity contribution < 1.29 is 4.79 Å². The van der Waals surface area contributed by atoms with Crippen molar-refractivity contribution in [1.82, 2.24) is 15.0 Å². The lowest BCUT2D eigenvalue weighted by molar-refractivity contribution is 0.102. The van der Waals surface area contributed by atoms with Gasteiger partial charge in [-0.05, 0) is 49.2 Å². The first-order valence-electron chi connectivity index (χ1n) is 10.5. The molecule has 5 rings (SSSR count). The van der Waals surface area contributed by atoms with Crippen molar-refractivity contribution in [3.63, 3.8) is 0 Å². The minimum Gasteiger partial charge on any atom is -0.339 e. The van der Waals surface area contributed by atoms with E-state index in [0.717, 1.165) is 44.8 Å². The van der Waals surface area contributed by atoms with E-state index in [1.54, 1.807) is 18.5 Å². The SMILES string of the molecule is Cc1ccc(-c2cc3c(-c4cccc(NC(=O)c5ccccc5)c4C)ncnc3[nH]2)cc1. The van der Waals surface area contributed by atoms with Crippen molar-refractivity contribution >= 4 is 22.6 Å². The highest BCUT2D eigenvalue weighted by Gasteiger charge is 2.15. The topological polar surface area (TPSA) is 70.7 Å². The van der Waals surface area contributed by atoms with Crippen LogP contribution in [0.4, 0.5) is 5.69 Å². The second kappa shape index (κ2) is 8.12. The quantitative estimate of drug-likeness (QED) is 0.367. The molecule has 32 heavy (non-hydrogen) atoms. The molecule has 5 aromatic rings. The van der Waals surface area contributed by atoms with Gasteiger partial charge in [0.15, 0.2) is 0 Å². The summed E-state index contributed by atoms with van der Waals surface area (Å²) in [6.45, 7) is 4.07. The molecule has 0 atom stereocenters. The van der Waals surface area contributed by atoms with Gasteiger partial charge in [-0.15, -0.1) is 0 Å². The maximum atomic E-state index is 12.7. The van der Waals surface area contributed by atoms with E-state index < -0.39 is 0 Å². The molecule has 5 heteroatoms. The van der Waals surface area contributed by atoms with Gasteiger partial charge in [-0.3, -0.25) is 4.79 Å². The van der Waals surface area contributed by atoms with Crippen LogP contribution in [0.15, 0.2) is 85.2 Å². The van der Waals surface area contributed by atoms with Gasteiger partial charge in [-0.25, -0.2) is 9.97 Å². The summed E-state index contributed by atoms with van der Waals surface area (Å²) < 4.78 is 0. The Bertz CT molecular complexity index is 1420. The van der Waals surface area contributed by atoms with Crippen LogP contribution in [-0.2, 0) is 0 Å². The zero-order chi connectivity index (χ0) is 22.1. The first kappa shape index (κ1) is 19.7. The van der Waals surface area contributed by atoms with E-state index in [-0.39, 0.29) is 5.91 Å². The van der Waals surface area contributed by atoms with Gasteiger partial charge in [-0.1, -0.05) is 60.2 Å². The fourth-order valence-electron chi connectivity index (χ4n) is 3.85. The molecular formula is C27H22N4O. The number of benzene rings is 3. The number of carbonyl (C=O) groups excluding carboxylic acids is 1. The Morgan fingerprint density at radius 1 is 0.875 bits per heavy atom. The van der Waals surface area contributed by atoms with Crippen molar-refractivity contribution in [3.8, 4) is 22.5 Å². The van der Waals surface area contributed by atoms with Crippen LogP contribution >= 0.6 is 0 Å². The number of hydrogen-bond acceptors (Lipinski definition) is 3. The average molecular weight is 419 g/mol. The third-order valence-electron chi connectivity index (χ3n) is 5.66. The van der Waals surface area contributed by atoms with Crippen molar-refractivity contribution in [2.24, 2.45) is 0 Å². The Kier molecular flexibility index (Phi) is 5.00. The average Bonchev–Trinajstić information content (AvgIpc) is 3.26. The summed E-state index contributed by atoms with van der Waals surface area (Å²) in [7, 11) is 0. The molecule has 0 spiro atoms. The third kappa shape index (κ3) is 3.65. The molecule has 0 bridgehead atoms. The smallest absolute Gasteiger partial charge is 0.255 e. The first-order chi connectivity index (χ1) is 15.6. The molecule has 0 radical (unpaired) electrons. The van der Waals surface area contributed by atoms with E-state index in [4.69, 9.17) is 0 Å². The van der Waals surface area contributed by atoms with E-state index in [1.807, 2.05) is 43.3 Å². The Morgan fingerprint density at radius 3 is 2.44 bits per heavy atom. The number of H-pyrrole nitrogens is 1. The number of nitrogens with one attached hydrogen (secondary N) is 2. The van der Waals surface area contributed by atoms with Crippen LogP contribution in [0.2, 0.25) is 0 Å². The first-order valence-corrected chi connectivity index (χ1v) is 10.5. The number of rotatable bonds is 4. The molecule has 0 aliphatic rings. The van der Waals surface area contributed by atoms with Crippen LogP contribution in [0.25, 0.3) is 33.5 Å². The fraction of sp³-hybridized carbons (Fsp3) is 0.0741. The van der Waals surface area contributed by atoms with Gasteiger partial charge in [0.2, 0.25) is 0 Å². The number of amides is 1. The molecule has 0 aliphatic heterocycles. The number of hydrogen-bond donors (Lipinski definition) is 2. The van der Waals surface area contributed by atoms with Crippen molar-refractivity contribution in [1.29, 1.82) is 0 Å². The molecule has 1 amide bonds. The van der Waals surface area contributed by atoms with Gasteiger partial charge in [0.1, 0.15) is 12.0 Å². The molecule has 2 N–H and O–H groups in total. The van der Waals surface area contributed by atoms with Crippen molar-refractivity contribution in [2.45, 2.75) is 13.8 Å². The van der Waals surface area contributed by atoms with Crippen LogP contribution in [-0.4, -0.2) is 20.9 Å². The van der Waals surface area contributed by atoms with E-state index in [2.05, 4.69) is 57.5 Å². The third-order valence-corrected chi connectivity index (χ3v) is 5.66. The largest absolute Gasteiger partial charge is 0.339 e. The van der Waals surface area contributed by atoms with E-state index in [1.165, 1.54) is 5.56 Å². The summed E-state index contributed by atoms with van der Waals surface area (Å²) in [6.07, 6.45) is 1.57. The van der Waals surface area contributed by atoms with Crippen LogP contribution < -0.4 is 5.32 Å². The van der Waals surface area contributed by atoms with Gasteiger partial charge in [0.05, 0.1) is 5.69 Å². The van der Waals surface area contributed by atoms with E-state index >= 15 is 0 Å². The maximum absolute atomic E-state index is 12.7. The minimum absolute atomic E-state index is 0.137. The Balaban J connectivity index is 1.55. The van der Waals surface area contributed by atoms with Gasteiger partial charge in [-0.2, -0.15) is 0 Å². The molecule has 2 heterocycles. The monoisotopic (exact) mass is 418 g/mol. The lowest BCUT2D eigenvalue weighted by Gasteiger charge is -2.13. The van der Waals surface area contributed by atoms with Gasteiger partial charge in [0, 0.05) is 27.9 Å². The van der Waals surface area contributed by atoms with Crippen LogP contribution in [0.1, 0.15) is 21.5 Å². The predicted octanol–water partition coefficient (Wildman–Crippen LogP) is 6.16. The standard InChI is InChI=1S/C27H22N4O/c1-17-11-13-19(14-12-17)24-15-22-25(28-16-29-26(22)30-24)21-9-6-10-23(18(21)2)31-27(32)20-7-4-3-5-8-20/h3-16H,1-2H3,(H,31,32)(H,28,29,30). The second-order valence-corrected chi connectivity index (χ2v) is 7.83. The zero-order valence-corrected chi connectivity index (χ0v) is 17.9. The highest BCUT2D eigenvalue weighted by atomic mass is 16.1. The summed E-state index contributed by atoms with van der Waals surface area (Å²) in [5.74, 6) is -0.137. The zero-order valence-electron chi connectivity index (χ0n) is 17.9. The van der Waals surface area contributed by atoms with E-state index in [9.17, 15) is 4.79 Å². The van der Waals surface area contributed by atoms with Gasteiger partial charge in [0.25, 0.3) is 5.91 Å². The Hall–Kier alpha value is -4.25. The Labute approximate surface area is 186 Å². The highest BCUT2D eigenvalue weighted by molar-refractivity contribution is 6.05. The number of aromatic nitrogens is 3. The number of nitrogens with zero attached hydrogens (tertiary/aromatic N) is 2. The van der Waals surface area contributed by atoms with Crippen molar-refractivity contribution in [3.05, 3.63) is 102 Å². The van der Waals surface area contributed by atoms with Gasteiger partial charge >= 0.3 is 0 Å².